The highest BCUT2D eigenvalue weighted by molar-refractivity contribution is 6.37. The Balaban J connectivity index is 1.88. The van der Waals surface area contributed by atoms with Crippen LogP contribution in [0.15, 0.2) is 18.2 Å². The van der Waals surface area contributed by atoms with Gasteiger partial charge in [0.1, 0.15) is 6.61 Å². The second-order valence-electron chi connectivity index (χ2n) is 5.82. The molecule has 2 rings (SSSR count). The maximum absolute atomic E-state index is 9.30. The Bertz CT molecular complexity index is 462. The minimum atomic E-state index is -0.270. The van der Waals surface area contributed by atoms with Crippen LogP contribution in [0, 0.1) is 0 Å². The summed E-state index contributed by atoms with van der Waals surface area (Å²) in [5, 5.41) is 10.3. The van der Waals surface area contributed by atoms with Crippen LogP contribution in [0.2, 0.25) is 10.0 Å². The van der Waals surface area contributed by atoms with E-state index >= 15 is 0 Å². The summed E-state index contributed by atoms with van der Waals surface area (Å²) >= 11 is 12.1. The standard InChI is InChI=1S/C15H21Cl2NO3/c1-15(2)10-18(8-11(9-19)21-15)6-7-20-14-12(16)4-3-5-13(14)17/h3-5,11,19H,6-10H2,1-2H3. The Labute approximate surface area is 135 Å². The number of halogens is 2. The topological polar surface area (TPSA) is 41.9 Å². The molecule has 4 nitrogen and oxygen atoms in total. The van der Waals surface area contributed by atoms with Crippen molar-refractivity contribution in [3.05, 3.63) is 28.2 Å². The van der Waals surface area contributed by atoms with Gasteiger partial charge in [-0.25, -0.2) is 0 Å². The SMILES string of the molecule is CC1(C)CN(CCOc2c(Cl)cccc2Cl)CC(CO)O1. The molecule has 1 heterocycles. The molecule has 1 aromatic rings. The highest BCUT2D eigenvalue weighted by Gasteiger charge is 2.32. The quantitative estimate of drug-likeness (QED) is 0.899. The van der Waals surface area contributed by atoms with Crippen LogP contribution >= 0.6 is 23.2 Å². The van der Waals surface area contributed by atoms with Crippen LogP contribution in [0.3, 0.4) is 0 Å². The van der Waals surface area contributed by atoms with E-state index in [4.69, 9.17) is 32.7 Å². The van der Waals surface area contributed by atoms with E-state index in [9.17, 15) is 5.11 Å². The molecular weight excluding hydrogens is 313 g/mol. The summed E-state index contributed by atoms with van der Waals surface area (Å²) in [6, 6.07) is 5.29. The maximum Gasteiger partial charge on any atom is 0.156 e. The molecule has 1 unspecified atom stereocenters. The van der Waals surface area contributed by atoms with Crippen molar-refractivity contribution >= 4 is 23.2 Å². The summed E-state index contributed by atoms with van der Waals surface area (Å²) < 4.78 is 11.5. The first-order chi connectivity index (χ1) is 9.91. The Morgan fingerprint density at radius 2 is 2.05 bits per heavy atom. The minimum absolute atomic E-state index is 0.0249. The van der Waals surface area contributed by atoms with Gasteiger partial charge in [-0.2, -0.15) is 0 Å². The first-order valence-electron chi connectivity index (χ1n) is 6.99. The summed E-state index contributed by atoms with van der Waals surface area (Å²) in [5.41, 5.74) is -0.270. The monoisotopic (exact) mass is 333 g/mol. The molecule has 1 aromatic carbocycles. The van der Waals surface area contributed by atoms with Gasteiger partial charge in [0.25, 0.3) is 0 Å². The van der Waals surface area contributed by atoms with Crippen molar-refractivity contribution in [3.8, 4) is 5.75 Å². The molecule has 0 aromatic heterocycles. The number of rotatable bonds is 5. The normalized spacial score (nSPS) is 22.2. The lowest BCUT2D eigenvalue weighted by atomic mass is 10.1. The first-order valence-corrected chi connectivity index (χ1v) is 7.75. The third-order valence-corrected chi connectivity index (χ3v) is 3.92. The molecule has 6 heteroatoms. The average molecular weight is 334 g/mol. The molecular formula is C15H21Cl2NO3. The van der Waals surface area contributed by atoms with Crippen molar-refractivity contribution in [2.24, 2.45) is 0 Å². The number of aliphatic hydroxyl groups is 1. The van der Waals surface area contributed by atoms with E-state index < -0.39 is 0 Å². The second-order valence-corrected chi connectivity index (χ2v) is 6.63. The van der Waals surface area contributed by atoms with Crippen molar-refractivity contribution in [2.45, 2.75) is 25.6 Å². The van der Waals surface area contributed by atoms with Gasteiger partial charge in [0, 0.05) is 19.6 Å². The van der Waals surface area contributed by atoms with Gasteiger partial charge in [-0.05, 0) is 26.0 Å². The Hall–Kier alpha value is -0.520. The second kappa shape index (κ2) is 7.16. The molecule has 1 aliphatic rings. The summed E-state index contributed by atoms with van der Waals surface area (Å²) in [5.74, 6) is 0.520. The predicted octanol–water partition coefficient (Wildman–Crippen LogP) is 2.84. The molecule has 118 valence electrons. The zero-order valence-electron chi connectivity index (χ0n) is 12.3. The van der Waals surface area contributed by atoms with Crippen LogP contribution in [0.25, 0.3) is 0 Å². The lowest BCUT2D eigenvalue weighted by molar-refractivity contribution is -0.149. The molecule has 0 spiro atoms. The molecule has 0 amide bonds. The third-order valence-electron chi connectivity index (χ3n) is 3.33. The van der Waals surface area contributed by atoms with Crippen LogP contribution in [0.4, 0.5) is 0 Å². The van der Waals surface area contributed by atoms with Gasteiger partial charge < -0.3 is 14.6 Å². The van der Waals surface area contributed by atoms with E-state index in [0.29, 0.717) is 28.9 Å². The number of para-hydroxylation sites is 1. The molecule has 1 aliphatic heterocycles. The molecule has 1 saturated heterocycles. The van der Waals surface area contributed by atoms with E-state index in [0.717, 1.165) is 13.1 Å². The lowest BCUT2D eigenvalue weighted by Crippen LogP contribution is -2.54. The number of ether oxygens (including phenoxy) is 2. The molecule has 1 atom stereocenters. The van der Waals surface area contributed by atoms with E-state index in [-0.39, 0.29) is 18.3 Å². The van der Waals surface area contributed by atoms with Crippen molar-refractivity contribution in [3.63, 3.8) is 0 Å². The van der Waals surface area contributed by atoms with Crippen LogP contribution < -0.4 is 4.74 Å². The average Bonchev–Trinajstić information content (AvgIpc) is 2.40. The van der Waals surface area contributed by atoms with Crippen LogP contribution in [0.5, 0.6) is 5.75 Å². The Morgan fingerprint density at radius 1 is 1.38 bits per heavy atom. The molecule has 0 bridgehead atoms. The van der Waals surface area contributed by atoms with Crippen LogP contribution in [-0.4, -0.2) is 54.6 Å². The van der Waals surface area contributed by atoms with Gasteiger partial charge in [0.15, 0.2) is 5.75 Å². The Morgan fingerprint density at radius 3 is 2.67 bits per heavy atom. The smallest absolute Gasteiger partial charge is 0.156 e. The number of benzene rings is 1. The van der Waals surface area contributed by atoms with Crippen molar-refractivity contribution in [1.29, 1.82) is 0 Å². The largest absolute Gasteiger partial charge is 0.489 e. The summed E-state index contributed by atoms with van der Waals surface area (Å²) in [6.07, 6.45) is -0.155. The van der Waals surface area contributed by atoms with Gasteiger partial charge in [0.05, 0.1) is 28.4 Å². The van der Waals surface area contributed by atoms with E-state index in [1.807, 2.05) is 13.8 Å². The van der Waals surface area contributed by atoms with Crippen molar-refractivity contribution in [2.75, 3.05) is 32.8 Å². The number of nitrogens with zero attached hydrogens (tertiary/aromatic N) is 1. The number of hydrogen-bond donors (Lipinski definition) is 1. The van der Waals surface area contributed by atoms with E-state index in [1.54, 1.807) is 18.2 Å². The predicted molar refractivity (Wildman–Crippen MR) is 84.4 cm³/mol. The fraction of sp³-hybridized carbons (Fsp3) is 0.600. The number of aliphatic hydroxyl groups excluding tert-OH is 1. The zero-order chi connectivity index (χ0) is 15.5. The molecule has 1 N–H and O–H groups in total. The lowest BCUT2D eigenvalue weighted by Gasteiger charge is -2.42. The highest BCUT2D eigenvalue weighted by atomic mass is 35.5. The maximum atomic E-state index is 9.30. The van der Waals surface area contributed by atoms with Crippen LogP contribution in [-0.2, 0) is 4.74 Å². The van der Waals surface area contributed by atoms with Crippen molar-refractivity contribution < 1.29 is 14.6 Å². The van der Waals surface area contributed by atoms with Gasteiger partial charge in [0.2, 0.25) is 0 Å². The minimum Gasteiger partial charge on any atom is -0.489 e. The van der Waals surface area contributed by atoms with Gasteiger partial charge in [-0.1, -0.05) is 29.3 Å². The molecule has 21 heavy (non-hydrogen) atoms. The molecule has 1 fully saturated rings. The third kappa shape index (κ3) is 4.73. The molecule has 0 saturated carbocycles. The zero-order valence-corrected chi connectivity index (χ0v) is 13.8. The van der Waals surface area contributed by atoms with Gasteiger partial charge >= 0.3 is 0 Å². The fourth-order valence-corrected chi connectivity index (χ4v) is 3.09. The summed E-state index contributed by atoms with van der Waals surface area (Å²) in [7, 11) is 0. The van der Waals surface area contributed by atoms with Gasteiger partial charge in [-0.15, -0.1) is 0 Å². The van der Waals surface area contributed by atoms with Crippen LogP contribution in [0.1, 0.15) is 13.8 Å². The van der Waals surface area contributed by atoms with E-state index in [1.165, 1.54) is 0 Å². The summed E-state index contributed by atoms with van der Waals surface area (Å²) in [6.45, 7) is 6.77. The summed E-state index contributed by atoms with van der Waals surface area (Å²) in [4.78, 5) is 2.22. The molecule has 0 radical (unpaired) electrons. The fourth-order valence-electron chi connectivity index (χ4n) is 2.58. The van der Waals surface area contributed by atoms with Gasteiger partial charge in [-0.3, -0.25) is 4.90 Å². The molecule has 0 aliphatic carbocycles. The van der Waals surface area contributed by atoms with Crippen molar-refractivity contribution in [1.82, 2.24) is 4.90 Å². The first kappa shape index (κ1) is 16.8. The van der Waals surface area contributed by atoms with E-state index in [2.05, 4.69) is 4.90 Å². The number of hydrogen-bond acceptors (Lipinski definition) is 4. The Kier molecular flexibility index (Phi) is 5.74. The number of morpholine rings is 1. The highest BCUT2D eigenvalue weighted by Crippen LogP contribution is 2.32.